The molecule has 0 N–H and O–H groups in total. The molecule has 1 unspecified atom stereocenters. The molecule has 0 aromatic carbocycles. The van der Waals surface area contributed by atoms with Crippen molar-refractivity contribution in [3.8, 4) is 0 Å². The molecule has 1 atom stereocenters. The monoisotopic (exact) mass is 188 g/mol. The van der Waals surface area contributed by atoms with Gasteiger partial charge in [0.25, 0.3) is 0 Å². The predicted molar refractivity (Wildman–Crippen MR) is 31.4 cm³/mol. The molecule has 0 heterocycles. The van der Waals surface area contributed by atoms with Crippen molar-refractivity contribution >= 4 is 23.7 Å². The third kappa shape index (κ3) is 3.98. The minimum absolute atomic E-state index is 0.0885. The Bertz CT molecular complexity index is 166. The molecule has 0 aliphatic carbocycles. The van der Waals surface area contributed by atoms with Crippen molar-refractivity contribution in [3.63, 3.8) is 0 Å². The highest BCUT2D eigenvalue weighted by Gasteiger charge is 2.38. The van der Waals surface area contributed by atoms with E-state index in [1.54, 1.807) is 0 Å². The number of hydrogen-bond donors (Lipinski definition) is 0. The molecule has 0 spiro atoms. The van der Waals surface area contributed by atoms with Crippen LogP contribution < -0.4 is 0 Å². The molecule has 0 fully saturated rings. The molecule has 0 radical (unpaired) electrons. The molecular formula is C5H4ClF3O2. The van der Waals surface area contributed by atoms with E-state index < -0.39 is 23.8 Å². The minimum Gasteiger partial charge on any atom is -0.302 e. The lowest BCUT2D eigenvalue weighted by atomic mass is 10.2. The van der Waals surface area contributed by atoms with Crippen LogP contribution in [0.2, 0.25) is 0 Å². The van der Waals surface area contributed by atoms with Crippen LogP contribution in [0, 0.1) is 0 Å². The molecule has 6 heteroatoms. The Morgan fingerprint density at radius 2 is 2.00 bits per heavy atom. The topological polar surface area (TPSA) is 34.1 Å². The Hall–Kier alpha value is -0.580. The number of ketones is 1. The van der Waals surface area contributed by atoms with Crippen LogP contribution in [0.5, 0.6) is 0 Å². The van der Waals surface area contributed by atoms with Crippen molar-refractivity contribution in [2.45, 2.75) is 18.0 Å². The number of rotatable bonds is 3. The summed E-state index contributed by atoms with van der Waals surface area (Å²) in [6.07, 6.45) is -5.80. The number of Topliss-reactive ketones (excluding diaryl/α,β-unsaturated/α-hetero) is 1. The highest BCUT2D eigenvalue weighted by Crippen LogP contribution is 2.19. The lowest BCUT2D eigenvalue weighted by Crippen LogP contribution is -2.25. The largest absolute Gasteiger partial charge is 0.450 e. The summed E-state index contributed by atoms with van der Waals surface area (Å²) in [5, 5.41) is -1.39. The van der Waals surface area contributed by atoms with Crippen LogP contribution in [0.4, 0.5) is 13.2 Å². The lowest BCUT2D eigenvalue weighted by Gasteiger charge is -2.04. The van der Waals surface area contributed by atoms with Crippen molar-refractivity contribution in [1.29, 1.82) is 0 Å². The molecule has 0 aliphatic rings. The lowest BCUT2D eigenvalue weighted by molar-refractivity contribution is -0.171. The van der Waals surface area contributed by atoms with Gasteiger partial charge in [0.05, 0.1) is 5.38 Å². The van der Waals surface area contributed by atoms with Crippen LogP contribution in [0.25, 0.3) is 0 Å². The molecule has 64 valence electrons. The fraction of sp³-hybridized carbons (Fsp3) is 0.600. The molecule has 0 bridgehead atoms. The second kappa shape index (κ2) is 3.71. The summed E-state index contributed by atoms with van der Waals surface area (Å²) in [6.45, 7) is 0. The van der Waals surface area contributed by atoms with Crippen molar-refractivity contribution in [3.05, 3.63) is 0 Å². The van der Waals surface area contributed by atoms with Gasteiger partial charge in [-0.1, -0.05) is 0 Å². The van der Waals surface area contributed by atoms with Gasteiger partial charge < -0.3 is 4.79 Å². The second-order valence-corrected chi connectivity index (χ2v) is 2.34. The summed E-state index contributed by atoms with van der Waals surface area (Å²) in [4.78, 5) is 19.8. The SMILES string of the molecule is O=CC(Cl)CC(=O)C(F)(F)F. The van der Waals surface area contributed by atoms with E-state index in [0.29, 0.717) is 0 Å². The smallest absolute Gasteiger partial charge is 0.302 e. The molecule has 0 saturated carbocycles. The predicted octanol–water partition coefficient (Wildman–Crippen LogP) is 1.31. The Kier molecular flexibility index (Phi) is 3.51. The first-order valence-corrected chi connectivity index (χ1v) is 3.01. The first kappa shape index (κ1) is 10.4. The average molecular weight is 189 g/mol. The maximum atomic E-state index is 11.4. The van der Waals surface area contributed by atoms with Gasteiger partial charge in [0.2, 0.25) is 5.78 Å². The molecule has 0 aliphatic heterocycles. The van der Waals surface area contributed by atoms with Gasteiger partial charge in [-0.2, -0.15) is 13.2 Å². The van der Waals surface area contributed by atoms with E-state index in [-0.39, 0.29) is 6.29 Å². The Morgan fingerprint density at radius 1 is 1.55 bits per heavy atom. The van der Waals surface area contributed by atoms with Crippen molar-refractivity contribution < 1.29 is 22.8 Å². The number of aldehydes is 1. The third-order valence-corrected chi connectivity index (χ3v) is 1.10. The second-order valence-electron chi connectivity index (χ2n) is 1.78. The van der Waals surface area contributed by atoms with Gasteiger partial charge in [-0.05, 0) is 0 Å². The molecular weight excluding hydrogens is 184 g/mol. The zero-order valence-corrected chi connectivity index (χ0v) is 5.95. The summed E-state index contributed by atoms with van der Waals surface area (Å²) < 4.78 is 34.3. The first-order valence-electron chi connectivity index (χ1n) is 2.57. The van der Waals surface area contributed by atoms with Crippen LogP contribution in [-0.2, 0) is 9.59 Å². The molecule has 0 aromatic rings. The molecule has 0 amide bonds. The highest BCUT2D eigenvalue weighted by molar-refractivity contribution is 6.28. The normalized spacial score (nSPS) is 14.2. The fourth-order valence-corrected chi connectivity index (χ4v) is 0.481. The van der Waals surface area contributed by atoms with Gasteiger partial charge in [-0.15, -0.1) is 11.6 Å². The van der Waals surface area contributed by atoms with E-state index in [1.807, 2.05) is 0 Å². The van der Waals surface area contributed by atoms with E-state index in [9.17, 15) is 22.8 Å². The van der Waals surface area contributed by atoms with Gasteiger partial charge in [0, 0.05) is 6.42 Å². The molecule has 0 rings (SSSR count). The molecule has 2 nitrogen and oxygen atoms in total. The highest BCUT2D eigenvalue weighted by atomic mass is 35.5. The van der Waals surface area contributed by atoms with Crippen LogP contribution in [0.15, 0.2) is 0 Å². The summed E-state index contributed by atoms with van der Waals surface area (Å²) in [5.74, 6) is -1.98. The summed E-state index contributed by atoms with van der Waals surface area (Å²) in [5.41, 5.74) is 0. The number of carbonyl (C=O) groups excluding carboxylic acids is 2. The van der Waals surface area contributed by atoms with E-state index >= 15 is 0 Å². The molecule has 0 saturated heterocycles. The van der Waals surface area contributed by atoms with Crippen molar-refractivity contribution in [1.82, 2.24) is 0 Å². The van der Waals surface area contributed by atoms with Crippen LogP contribution in [0.3, 0.4) is 0 Å². The van der Waals surface area contributed by atoms with Gasteiger partial charge in [-0.3, -0.25) is 4.79 Å². The molecule has 11 heavy (non-hydrogen) atoms. The summed E-state index contributed by atoms with van der Waals surface area (Å²) in [7, 11) is 0. The van der Waals surface area contributed by atoms with Gasteiger partial charge in [0.1, 0.15) is 6.29 Å². The number of hydrogen-bond acceptors (Lipinski definition) is 2. The van der Waals surface area contributed by atoms with E-state index in [0.717, 1.165) is 0 Å². The van der Waals surface area contributed by atoms with Crippen LogP contribution >= 0.6 is 11.6 Å². The fourth-order valence-electron chi connectivity index (χ4n) is 0.341. The van der Waals surface area contributed by atoms with Crippen LogP contribution in [-0.4, -0.2) is 23.6 Å². The molecule has 0 aromatic heterocycles. The summed E-state index contributed by atoms with van der Waals surface area (Å²) >= 11 is 4.98. The Labute approximate surface area is 65.3 Å². The minimum atomic E-state index is -4.89. The van der Waals surface area contributed by atoms with Crippen molar-refractivity contribution in [2.24, 2.45) is 0 Å². The first-order chi connectivity index (χ1) is 4.88. The Balaban J connectivity index is 3.98. The maximum Gasteiger partial charge on any atom is 0.450 e. The van der Waals surface area contributed by atoms with Gasteiger partial charge >= 0.3 is 6.18 Å². The van der Waals surface area contributed by atoms with E-state index in [4.69, 9.17) is 11.6 Å². The maximum absolute atomic E-state index is 11.4. The Morgan fingerprint density at radius 3 is 2.27 bits per heavy atom. The van der Waals surface area contributed by atoms with E-state index in [2.05, 4.69) is 0 Å². The zero-order valence-electron chi connectivity index (χ0n) is 5.19. The van der Waals surface area contributed by atoms with Crippen LogP contribution in [0.1, 0.15) is 6.42 Å². The summed E-state index contributed by atoms with van der Waals surface area (Å²) in [6, 6.07) is 0. The van der Waals surface area contributed by atoms with E-state index in [1.165, 1.54) is 0 Å². The quantitative estimate of drug-likeness (QED) is 0.494. The van der Waals surface area contributed by atoms with Gasteiger partial charge in [0.15, 0.2) is 0 Å². The number of halogens is 4. The standard InChI is InChI=1S/C5H4ClF3O2/c6-3(2-10)1-4(11)5(7,8)9/h2-3H,1H2. The third-order valence-electron chi connectivity index (χ3n) is 0.844. The van der Waals surface area contributed by atoms with Gasteiger partial charge in [-0.25, -0.2) is 0 Å². The average Bonchev–Trinajstić information content (AvgIpc) is 1.85. The zero-order chi connectivity index (χ0) is 9.07. The van der Waals surface area contributed by atoms with Crippen molar-refractivity contribution in [2.75, 3.05) is 0 Å². The number of alkyl halides is 4. The number of carbonyl (C=O) groups is 2.